The van der Waals surface area contributed by atoms with Crippen LogP contribution in [0.4, 0.5) is 0 Å². The molecule has 0 amide bonds. The fourth-order valence-electron chi connectivity index (χ4n) is 6.18. The Morgan fingerprint density at radius 2 is 1.81 bits per heavy atom. The molecular formula is C22H38O3Si. The molecule has 0 heterocycles. The second kappa shape index (κ2) is 6.84. The van der Waals surface area contributed by atoms with Crippen molar-refractivity contribution in [2.75, 3.05) is 0 Å². The van der Waals surface area contributed by atoms with Gasteiger partial charge in [0.2, 0.25) is 0 Å². The summed E-state index contributed by atoms with van der Waals surface area (Å²) in [4.78, 5) is 24.3. The van der Waals surface area contributed by atoms with Crippen LogP contribution in [0.25, 0.3) is 0 Å². The topological polar surface area (TPSA) is 43.4 Å². The Hall–Kier alpha value is -0.483. The molecule has 3 aliphatic rings. The predicted octanol–water partition coefficient (Wildman–Crippen LogP) is 5.10. The summed E-state index contributed by atoms with van der Waals surface area (Å²) in [5.74, 6) is 2.87. The molecule has 3 nitrogen and oxygen atoms in total. The number of carbonyl (C=O) groups is 2. The third kappa shape index (κ3) is 3.15. The monoisotopic (exact) mass is 378 g/mol. The van der Waals surface area contributed by atoms with E-state index in [0.717, 1.165) is 19.1 Å². The van der Waals surface area contributed by atoms with Crippen LogP contribution in [0.5, 0.6) is 0 Å². The number of hydrogen-bond acceptors (Lipinski definition) is 3. The van der Waals surface area contributed by atoms with Crippen molar-refractivity contribution in [2.24, 2.45) is 41.4 Å². The number of ketones is 1. The largest absolute Gasteiger partial charge is 0.414 e. The van der Waals surface area contributed by atoms with E-state index in [4.69, 9.17) is 4.43 Å². The Balaban J connectivity index is 1.93. The van der Waals surface area contributed by atoms with Gasteiger partial charge >= 0.3 is 0 Å². The first kappa shape index (κ1) is 20.3. The molecule has 8 atom stereocenters. The molecule has 0 bridgehead atoms. The lowest BCUT2D eigenvalue weighted by Crippen LogP contribution is -2.51. The van der Waals surface area contributed by atoms with Gasteiger partial charge in [0, 0.05) is 12.0 Å². The number of rotatable bonds is 4. The lowest BCUT2D eigenvalue weighted by atomic mass is 9.65. The van der Waals surface area contributed by atoms with Gasteiger partial charge in [-0.3, -0.25) is 4.79 Å². The lowest BCUT2D eigenvalue weighted by Gasteiger charge is -2.48. The molecule has 26 heavy (non-hydrogen) atoms. The van der Waals surface area contributed by atoms with Gasteiger partial charge in [-0.05, 0) is 67.0 Å². The van der Waals surface area contributed by atoms with E-state index in [9.17, 15) is 9.59 Å². The van der Waals surface area contributed by atoms with Crippen molar-refractivity contribution in [1.29, 1.82) is 0 Å². The van der Waals surface area contributed by atoms with E-state index in [1.54, 1.807) is 0 Å². The number of hydrogen-bond donors (Lipinski definition) is 0. The highest BCUT2D eigenvalue weighted by Gasteiger charge is 2.59. The van der Waals surface area contributed by atoms with Crippen LogP contribution in [0.15, 0.2) is 0 Å². The summed E-state index contributed by atoms with van der Waals surface area (Å²) in [5, 5.41) is 0.177. The van der Waals surface area contributed by atoms with Crippen molar-refractivity contribution in [3.05, 3.63) is 0 Å². The van der Waals surface area contributed by atoms with E-state index in [0.29, 0.717) is 29.6 Å². The Bertz CT molecular complexity index is 564. The van der Waals surface area contributed by atoms with Crippen LogP contribution >= 0.6 is 0 Å². The lowest BCUT2D eigenvalue weighted by molar-refractivity contribution is -0.130. The highest BCUT2D eigenvalue weighted by Crippen LogP contribution is 2.59. The molecule has 3 aliphatic carbocycles. The highest BCUT2D eigenvalue weighted by molar-refractivity contribution is 6.74. The summed E-state index contributed by atoms with van der Waals surface area (Å²) < 4.78 is 6.96. The molecule has 0 saturated heterocycles. The molecule has 3 saturated carbocycles. The SMILES string of the molecule is CC[C@H]1[C@H]2[C@H](C[C@H]1C)[C@H]1C[C@@H](C=O)C(=O)[C@@H]1C[C@H]2O[Si](C)(C)C(C)(C)C. The van der Waals surface area contributed by atoms with Gasteiger partial charge in [0.25, 0.3) is 0 Å². The summed E-state index contributed by atoms with van der Waals surface area (Å²) in [6, 6.07) is 0. The number of carbonyl (C=O) groups excluding carboxylic acids is 2. The van der Waals surface area contributed by atoms with E-state index >= 15 is 0 Å². The van der Waals surface area contributed by atoms with Crippen molar-refractivity contribution in [3.63, 3.8) is 0 Å². The van der Waals surface area contributed by atoms with Gasteiger partial charge < -0.3 is 9.22 Å². The van der Waals surface area contributed by atoms with Crippen LogP contribution in [0.1, 0.15) is 60.3 Å². The quantitative estimate of drug-likeness (QED) is 0.388. The fraction of sp³-hybridized carbons (Fsp3) is 0.909. The summed E-state index contributed by atoms with van der Waals surface area (Å²) in [6.45, 7) is 16.2. The second-order valence-corrected chi connectivity index (χ2v) is 15.6. The summed E-state index contributed by atoms with van der Waals surface area (Å²) in [7, 11) is -1.89. The van der Waals surface area contributed by atoms with E-state index in [1.165, 1.54) is 12.8 Å². The summed E-state index contributed by atoms with van der Waals surface area (Å²) >= 11 is 0. The minimum atomic E-state index is -1.89. The minimum Gasteiger partial charge on any atom is -0.414 e. The molecule has 0 aromatic rings. The van der Waals surface area contributed by atoms with E-state index < -0.39 is 8.32 Å². The molecule has 0 aromatic carbocycles. The van der Waals surface area contributed by atoms with E-state index in [2.05, 4.69) is 47.7 Å². The molecule has 3 rings (SSSR count). The van der Waals surface area contributed by atoms with Gasteiger partial charge in [0.15, 0.2) is 8.32 Å². The van der Waals surface area contributed by atoms with Crippen molar-refractivity contribution >= 4 is 20.4 Å². The number of aldehydes is 1. The molecule has 0 radical (unpaired) electrons. The van der Waals surface area contributed by atoms with Gasteiger partial charge in [0.1, 0.15) is 12.1 Å². The minimum absolute atomic E-state index is 0.0593. The first-order valence-electron chi connectivity index (χ1n) is 10.7. The van der Waals surface area contributed by atoms with Gasteiger partial charge in [-0.1, -0.05) is 41.0 Å². The molecule has 0 aliphatic heterocycles. The third-order valence-corrected chi connectivity index (χ3v) is 13.0. The van der Waals surface area contributed by atoms with Crippen LogP contribution in [0, 0.1) is 41.4 Å². The Morgan fingerprint density at radius 3 is 2.35 bits per heavy atom. The highest BCUT2D eigenvalue weighted by atomic mass is 28.4. The first-order chi connectivity index (χ1) is 12.0. The molecule has 0 aromatic heterocycles. The average Bonchev–Trinajstić information content (AvgIpc) is 3.03. The zero-order valence-corrected chi connectivity index (χ0v) is 18.7. The van der Waals surface area contributed by atoms with Gasteiger partial charge in [-0.2, -0.15) is 0 Å². The van der Waals surface area contributed by atoms with Crippen molar-refractivity contribution in [2.45, 2.75) is 84.5 Å². The summed E-state index contributed by atoms with van der Waals surface area (Å²) in [5.41, 5.74) is 0. The molecule has 4 heteroatoms. The van der Waals surface area contributed by atoms with Crippen LogP contribution in [0.2, 0.25) is 18.1 Å². The maximum absolute atomic E-state index is 12.8. The smallest absolute Gasteiger partial charge is 0.192 e. The van der Waals surface area contributed by atoms with E-state index in [-0.39, 0.29) is 28.8 Å². The average molecular weight is 379 g/mol. The standard InChI is InChI=1S/C22H38O3Si/c1-8-15-13(2)9-17-16-10-14(12-23)21(24)18(16)11-19(20(15)17)25-26(6,7)22(3,4)5/h12-20H,8-11H2,1-7H3/t13-,14+,15-,16-,17-,18-,19-,20+/m1/s1. The molecule has 148 valence electrons. The predicted molar refractivity (Wildman–Crippen MR) is 107 cm³/mol. The van der Waals surface area contributed by atoms with Gasteiger partial charge in [-0.15, -0.1) is 0 Å². The van der Waals surface area contributed by atoms with Crippen LogP contribution in [-0.4, -0.2) is 26.5 Å². The zero-order valence-electron chi connectivity index (χ0n) is 17.7. The molecule has 0 unspecified atom stereocenters. The van der Waals surface area contributed by atoms with Gasteiger partial charge in [0.05, 0.1) is 5.92 Å². The third-order valence-electron chi connectivity index (χ3n) is 8.49. The van der Waals surface area contributed by atoms with Crippen LogP contribution < -0.4 is 0 Å². The Labute approximate surface area is 160 Å². The fourth-order valence-corrected chi connectivity index (χ4v) is 7.54. The first-order valence-corrected chi connectivity index (χ1v) is 13.6. The van der Waals surface area contributed by atoms with Crippen molar-refractivity contribution in [1.82, 2.24) is 0 Å². The zero-order chi connectivity index (χ0) is 19.4. The molecule has 0 N–H and O–H groups in total. The normalized spacial score (nSPS) is 43.3. The molecule has 3 fully saturated rings. The second-order valence-electron chi connectivity index (χ2n) is 10.8. The van der Waals surface area contributed by atoms with Crippen LogP contribution in [0.3, 0.4) is 0 Å². The Kier molecular flexibility index (Phi) is 5.33. The molecule has 0 spiro atoms. The van der Waals surface area contributed by atoms with E-state index in [1.807, 2.05) is 0 Å². The summed E-state index contributed by atoms with van der Waals surface area (Å²) in [6.07, 6.45) is 5.17. The Morgan fingerprint density at radius 1 is 1.15 bits per heavy atom. The number of fused-ring (bicyclic) bond motifs is 3. The maximum Gasteiger partial charge on any atom is 0.192 e. The van der Waals surface area contributed by atoms with Gasteiger partial charge in [-0.25, -0.2) is 0 Å². The van der Waals surface area contributed by atoms with Crippen LogP contribution in [-0.2, 0) is 14.0 Å². The van der Waals surface area contributed by atoms with Crippen molar-refractivity contribution < 1.29 is 14.0 Å². The molecular weight excluding hydrogens is 340 g/mol. The number of Topliss-reactive ketones (excluding diaryl/α,β-unsaturated/α-hetero) is 1. The maximum atomic E-state index is 12.8. The van der Waals surface area contributed by atoms with Crippen molar-refractivity contribution in [3.8, 4) is 0 Å².